The molecule has 0 aromatic carbocycles. The molecule has 0 amide bonds. The van der Waals surface area contributed by atoms with Gasteiger partial charge in [0.1, 0.15) is 6.04 Å². The highest BCUT2D eigenvalue weighted by Gasteiger charge is 2.29. The quantitative estimate of drug-likeness (QED) is 0.769. The predicted molar refractivity (Wildman–Crippen MR) is 64.6 cm³/mol. The third kappa shape index (κ3) is 3.46. The first-order chi connectivity index (χ1) is 7.56. The average Bonchev–Trinajstić information content (AvgIpc) is 2.24. The van der Waals surface area contributed by atoms with Gasteiger partial charge in [0.15, 0.2) is 0 Å². The van der Waals surface area contributed by atoms with Gasteiger partial charge in [0.05, 0.1) is 0 Å². The van der Waals surface area contributed by atoms with Crippen LogP contribution >= 0.6 is 0 Å². The zero-order valence-corrected chi connectivity index (χ0v) is 10.6. The molecule has 0 bridgehead atoms. The molecule has 16 heavy (non-hydrogen) atoms. The van der Waals surface area contributed by atoms with Crippen molar-refractivity contribution in [3.05, 3.63) is 0 Å². The lowest BCUT2D eigenvalue weighted by Crippen LogP contribution is -2.51. The highest BCUT2D eigenvalue weighted by atomic mass is 16.4. The van der Waals surface area contributed by atoms with Crippen LogP contribution in [-0.2, 0) is 4.79 Å². The smallest absolute Gasteiger partial charge is 0.320 e. The molecule has 0 aromatic rings. The molecule has 1 saturated heterocycles. The number of likely N-dealkylation sites (N-methyl/N-ethyl adjacent to an activating group) is 2. The van der Waals surface area contributed by atoms with Gasteiger partial charge >= 0.3 is 5.97 Å². The Bertz CT molecular complexity index is 233. The van der Waals surface area contributed by atoms with Gasteiger partial charge in [-0.3, -0.25) is 9.69 Å². The van der Waals surface area contributed by atoms with Gasteiger partial charge < -0.3 is 10.0 Å². The summed E-state index contributed by atoms with van der Waals surface area (Å²) >= 11 is 0. The van der Waals surface area contributed by atoms with E-state index >= 15 is 0 Å². The Morgan fingerprint density at radius 2 is 2.31 bits per heavy atom. The molecule has 94 valence electrons. The molecule has 1 aliphatic heterocycles. The SMILES string of the molecule is CCCC(C(=O)O)N(C)C1CCCN(C)C1. The lowest BCUT2D eigenvalue weighted by molar-refractivity contribution is -0.144. The molecule has 2 unspecified atom stereocenters. The third-order valence-electron chi connectivity index (χ3n) is 3.51. The molecule has 1 heterocycles. The zero-order valence-electron chi connectivity index (χ0n) is 10.6. The summed E-state index contributed by atoms with van der Waals surface area (Å²) in [4.78, 5) is 15.5. The van der Waals surface area contributed by atoms with Gasteiger partial charge in [0, 0.05) is 12.6 Å². The summed E-state index contributed by atoms with van der Waals surface area (Å²) in [5, 5.41) is 9.22. The molecular weight excluding hydrogens is 204 g/mol. The second-order valence-electron chi connectivity index (χ2n) is 4.87. The van der Waals surface area contributed by atoms with E-state index < -0.39 is 5.97 Å². The maximum Gasteiger partial charge on any atom is 0.320 e. The predicted octanol–water partition coefficient (Wildman–Crippen LogP) is 1.27. The fraction of sp³-hybridized carbons (Fsp3) is 0.917. The maximum absolute atomic E-state index is 11.2. The van der Waals surface area contributed by atoms with E-state index in [0.717, 1.165) is 32.4 Å². The summed E-state index contributed by atoms with van der Waals surface area (Å²) in [5.74, 6) is -0.683. The van der Waals surface area contributed by atoms with E-state index in [0.29, 0.717) is 6.04 Å². The van der Waals surface area contributed by atoms with Crippen LogP contribution in [0.2, 0.25) is 0 Å². The number of hydrogen-bond acceptors (Lipinski definition) is 3. The van der Waals surface area contributed by atoms with Gasteiger partial charge in [-0.15, -0.1) is 0 Å². The molecule has 0 saturated carbocycles. The number of carboxylic acid groups (broad SMARTS) is 1. The highest BCUT2D eigenvalue weighted by molar-refractivity contribution is 5.73. The van der Waals surface area contributed by atoms with Crippen molar-refractivity contribution < 1.29 is 9.90 Å². The van der Waals surface area contributed by atoms with Crippen LogP contribution in [-0.4, -0.2) is 60.1 Å². The van der Waals surface area contributed by atoms with Crippen LogP contribution < -0.4 is 0 Å². The van der Waals surface area contributed by atoms with Crippen LogP contribution in [0.4, 0.5) is 0 Å². The summed E-state index contributed by atoms with van der Waals surface area (Å²) in [6.45, 7) is 4.16. The Balaban J connectivity index is 2.58. The number of carbonyl (C=O) groups is 1. The molecule has 4 heteroatoms. The third-order valence-corrected chi connectivity index (χ3v) is 3.51. The average molecular weight is 228 g/mol. The van der Waals surface area contributed by atoms with Gasteiger partial charge in [-0.2, -0.15) is 0 Å². The van der Waals surface area contributed by atoms with Crippen LogP contribution in [0.5, 0.6) is 0 Å². The van der Waals surface area contributed by atoms with Crippen LogP contribution in [0.25, 0.3) is 0 Å². The Morgan fingerprint density at radius 3 is 2.81 bits per heavy atom. The van der Waals surface area contributed by atoms with Crippen molar-refractivity contribution in [3.63, 3.8) is 0 Å². The summed E-state index contributed by atoms with van der Waals surface area (Å²) in [7, 11) is 4.06. The largest absolute Gasteiger partial charge is 0.480 e. The number of likely N-dealkylation sites (tertiary alicyclic amines) is 1. The van der Waals surface area contributed by atoms with Gasteiger partial charge in [0.25, 0.3) is 0 Å². The molecule has 0 radical (unpaired) electrons. The number of nitrogens with zero attached hydrogens (tertiary/aromatic N) is 2. The summed E-state index contributed by atoms with van der Waals surface area (Å²) in [5.41, 5.74) is 0. The van der Waals surface area contributed by atoms with Crippen molar-refractivity contribution in [2.24, 2.45) is 0 Å². The molecule has 1 N–H and O–H groups in total. The summed E-state index contributed by atoms with van der Waals surface area (Å²) in [6.07, 6.45) is 3.95. The minimum absolute atomic E-state index is 0.318. The van der Waals surface area contributed by atoms with Gasteiger partial charge in [0.2, 0.25) is 0 Å². The van der Waals surface area contributed by atoms with Crippen LogP contribution in [0.1, 0.15) is 32.6 Å². The molecule has 0 aromatic heterocycles. The van der Waals surface area contributed by atoms with E-state index in [1.165, 1.54) is 6.42 Å². The van der Waals surface area contributed by atoms with E-state index in [2.05, 4.69) is 16.8 Å². The first kappa shape index (κ1) is 13.5. The van der Waals surface area contributed by atoms with Crippen LogP contribution in [0.15, 0.2) is 0 Å². The zero-order chi connectivity index (χ0) is 12.1. The first-order valence-corrected chi connectivity index (χ1v) is 6.19. The Morgan fingerprint density at radius 1 is 1.62 bits per heavy atom. The highest BCUT2D eigenvalue weighted by Crippen LogP contribution is 2.17. The summed E-state index contributed by atoms with van der Waals surface area (Å²) < 4.78 is 0. The fourth-order valence-corrected chi connectivity index (χ4v) is 2.50. The number of piperidine rings is 1. The molecule has 1 rings (SSSR count). The molecular formula is C12H24N2O2. The summed E-state index contributed by atoms with van der Waals surface area (Å²) in [6, 6.07) is 0.0768. The fourth-order valence-electron chi connectivity index (χ4n) is 2.50. The Hall–Kier alpha value is -0.610. The van der Waals surface area contributed by atoms with Gasteiger partial charge in [-0.05, 0) is 39.9 Å². The number of rotatable bonds is 5. The number of hydrogen-bond donors (Lipinski definition) is 1. The van der Waals surface area contributed by atoms with Crippen molar-refractivity contribution in [3.8, 4) is 0 Å². The Labute approximate surface area is 98.2 Å². The van der Waals surface area contributed by atoms with Gasteiger partial charge in [-0.25, -0.2) is 0 Å². The van der Waals surface area contributed by atoms with Crippen molar-refractivity contribution in [1.29, 1.82) is 0 Å². The first-order valence-electron chi connectivity index (χ1n) is 6.19. The lowest BCUT2D eigenvalue weighted by atomic mass is 10.0. The second-order valence-corrected chi connectivity index (χ2v) is 4.87. The molecule has 0 spiro atoms. The van der Waals surface area contributed by atoms with E-state index in [1.54, 1.807) is 0 Å². The molecule has 4 nitrogen and oxygen atoms in total. The number of aliphatic carboxylic acids is 1. The minimum Gasteiger partial charge on any atom is -0.480 e. The minimum atomic E-state index is -0.683. The van der Waals surface area contributed by atoms with Crippen molar-refractivity contribution in [2.45, 2.75) is 44.7 Å². The Kier molecular flexibility index (Phi) is 5.22. The monoisotopic (exact) mass is 228 g/mol. The maximum atomic E-state index is 11.2. The lowest BCUT2D eigenvalue weighted by Gasteiger charge is -2.38. The van der Waals surface area contributed by atoms with E-state index in [1.807, 2.05) is 14.0 Å². The van der Waals surface area contributed by atoms with E-state index in [-0.39, 0.29) is 6.04 Å². The van der Waals surface area contributed by atoms with Crippen molar-refractivity contribution in [1.82, 2.24) is 9.80 Å². The molecule has 0 aliphatic carbocycles. The molecule has 2 atom stereocenters. The second kappa shape index (κ2) is 6.21. The number of carboxylic acids is 1. The topological polar surface area (TPSA) is 43.8 Å². The van der Waals surface area contributed by atoms with Crippen LogP contribution in [0, 0.1) is 0 Å². The van der Waals surface area contributed by atoms with Crippen molar-refractivity contribution >= 4 is 5.97 Å². The molecule has 1 fully saturated rings. The van der Waals surface area contributed by atoms with E-state index in [4.69, 9.17) is 0 Å². The molecule has 1 aliphatic rings. The van der Waals surface area contributed by atoms with Gasteiger partial charge in [-0.1, -0.05) is 13.3 Å². The standard InChI is InChI=1S/C12H24N2O2/c1-4-6-11(12(15)16)14(3)10-7-5-8-13(2)9-10/h10-11H,4-9H2,1-3H3,(H,15,16). The normalized spacial score (nSPS) is 24.6. The van der Waals surface area contributed by atoms with Crippen LogP contribution in [0.3, 0.4) is 0 Å². The van der Waals surface area contributed by atoms with E-state index in [9.17, 15) is 9.90 Å². The van der Waals surface area contributed by atoms with Crippen molar-refractivity contribution in [2.75, 3.05) is 27.2 Å².